The molecule has 4 heteroatoms. The summed E-state index contributed by atoms with van der Waals surface area (Å²) < 4.78 is 0. The Labute approximate surface area is 128 Å². The molecular weight excluding hydrogens is 266 g/mol. The number of hydrogen-bond acceptors (Lipinski definition) is 2. The first kappa shape index (κ1) is 18.0. The fourth-order valence-electron chi connectivity index (χ4n) is 3.33. The molecule has 1 saturated carbocycles. The van der Waals surface area contributed by atoms with Crippen molar-refractivity contribution >= 4 is 11.9 Å². The summed E-state index contributed by atoms with van der Waals surface area (Å²) in [5.74, 6) is -0.0315. The average molecular weight is 297 g/mol. The first-order valence-corrected chi connectivity index (χ1v) is 8.26. The summed E-state index contributed by atoms with van der Waals surface area (Å²) in [6, 6.07) is -0.222. The maximum atomic E-state index is 12.3. The lowest BCUT2D eigenvalue weighted by Crippen LogP contribution is -2.41. The SMILES string of the molecule is CCCC(CC(=O)O)NC(=O)C1CCC(C(C)(C)C)CC1. The molecule has 0 radical (unpaired) electrons. The lowest BCUT2D eigenvalue weighted by molar-refractivity contribution is -0.138. The van der Waals surface area contributed by atoms with Gasteiger partial charge < -0.3 is 10.4 Å². The number of nitrogens with one attached hydrogen (secondary N) is 1. The fourth-order valence-corrected chi connectivity index (χ4v) is 3.33. The molecule has 1 atom stereocenters. The Morgan fingerprint density at radius 2 is 1.76 bits per heavy atom. The van der Waals surface area contributed by atoms with Crippen LogP contribution in [0.5, 0.6) is 0 Å². The van der Waals surface area contributed by atoms with Gasteiger partial charge in [0, 0.05) is 12.0 Å². The largest absolute Gasteiger partial charge is 0.481 e. The topological polar surface area (TPSA) is 66.4 Å². The van der Waals surface area contributed by atoms with E-state index in [0.717, 1.165) is 38.5 Å². The molecule has 0 bridgehead atoms. The van der Waals surface area contributed by atoms with E-state index in [1.807, 2.05) is 6.92 Å². The maximum absolute atomic E-state index is 12.3. The van der Waals surface area contributed by atoms with Crippen LogP contribution in [0.3, 0.4) is 0 Å². The summed E-state index contributed by atoms with van der Waals surface area (Å²) in [6.45, 7) is 8.81. The molecule has 0 heterocycles. The van der Waals surface area contributed by atoms with E-state index in [0.29, 0.717) is 11.3 Å². The molecule has 0 spiro atoms. The van der Waals surface area contributed by atoms with Crippen molar-refractivity contribution in [1.82, 2.24) is 5.32 Å². The molecule has 0 aromatic rings. The van der Waals surface area contributed by atoms with Crippen molar-refractivity contribution in [2.45, 2.75) is 78.7 Å². The smallest absolute Gasteiger partial charge is 0.305 e. The van der Waals surface area contributed by atoms with Crippen LogP contribution in [0.2, 0.25) is 0 Å². The number of rotatable bonds is 6. The number of carbonyl (C=O) groups excluding carboxylic acids is 1. The van der Waals surface area contributed by atoms with Gasteiger partial charge in [0.25, 0.3) is 0 Å². The number of carboxylic acids is 1. The van der Waals surface area contributed by atoms with Gasteiger partial charge in [-0.1, -0.05) is 34.1 Å². The summed E-state index contributed by atoms with van der Waals surface area (Å²) >= 11 is 0. The Kier molecular flexibility index (Phi) is 6.69. The quantitative estimate of drug-likeness (QED) is 0.787. The Morgan fingerprint density at radius 1 is 1.19 bits per heavy atom. The standard InChI is InChI=1S/C17H31NO3/c1-5-6-14(11-15(19)20)18-16(21)12-7-9-13(10-8-12)17(2,3)4/h12-14H,5-11H2,1-4H3,(H,18,21)(H,19,20). The second kappa shape index (κ2) is 7.81. The van der Waals surface area contributed by atoms with E-state index in [1.54, 1.807) is 0 Å². The van der Waals surface area contributed by atoms with E-state index < -0.39 is 5.97 Å². The van der Waals surface area contributed by atoms with Gasteiger partial charge in [0.15, 0.2) is 0 Å². The highest BCUT2D eigenvalue weighted by molar-refractivity contribution is 5.79. The molecule has 1 aliphatic rings. The number of hydrogen-bond donors (Lipinski definition) is 2. The predicted octanol–water partition coefficient (Wildman–Crippen LogP) is 3.60. The summed E-state index contributed by atoms with van der Waals surface area (Å²) in [5, 5.41) is 11.9. The fraction of sp³-hybridized carbons (Fsp3) is 0.882. The van der Waals surface area contributed by atoms with E-state index >= 15 is 0 Å². The lowest BCUT2D eigenvalue weighted by atomic mass is 9.69. The zero-order valence-electron chi connectivity index (χ0n) is 13.9. The van der Waals surface area contributed by atoms with Crippen LogP contribution in [0.25, 0.3) is 0 Å². The maximum Gasteiger partial charge on any atom is 0.305 e. The van der Waals surface area contributed by atoms with Crippen molar-refractivity contribution in [3.05, 3.63) is 0 Å². The molecule has 1 fully saturated rings. The van der Waals surface area contributed by atoms with Crippen LogP contribution in [0, 0.1) is 17.3 Å². The highest BCUT2D eigenvalue weighted by Crippen LogP contribution is 2.39. The molecule has 0 aromatic heterocycles. The first-order chi connectivity index (χ1) is 9.74. The van der Waals surface area contributed by atoms with Gasteiger partial charge in [-0.2, -0.15) is 0 Å². The second-order valence-electron chi connectivity index (χ2n) is 7.51. The van der Waals surface area contributed by atoms with Crippen molar-refractivity contribution in [3.8, 4) is 0 Å². The molecule has 0 saturated heterocycles. The van der Waals surface area contributed by atoms with Crippen LogP contribution < -0.4 is 5.32 Å². The molecule has 1 aliphatic carbocycles. The van der Waals surface area contributed by atoms with Crippen LogP contribution in [0.15, 0.2) is 0 Å². The molecule has 4 nitrogen and oxygen atoms in total. The van der Waals surface area contributed by atoms with Crippen molar-refractivity contribution in [1.29, 1.82) is 0 Å². The summed E-state index contributed by atoms with van der Waals surface area (Å²) in [6.07, 6.45) is 5.69. The van der Waals surface area contributed by atoms with Gasteiger partial charge in [-0.25, -0.2) is 0 Å². The zero-order valence-corrected chi connectivity index (χ0v) is 13.9. The summed E-state index contributed by atoms with van der Waals surface area (Å²) in [7, 11) is 0. The highest BCUT2D eigenvalue weighted by Gasteiger charge is 2.32. The third-order valence-corrected chi connectivity index (χ3v) is 4.73. The summed E-state index contributed by atoms with van der Waals surface area (Å²) in [5.41, 5.74) is 0.315. The van der Waals surface area contributed by atoms with Crippen LogP contribution >= 0.6 is 0 Å². The highest BCUT2D eigenvalue weighted by atomic mass is 16.4. The van der Waals surface area contributed by atoms with Gasteiger partial charge in [0.1, 0.15) is 0 Å². The Hall–Kier alpha value is -1.06. The summed E-state index contributed by atoms with van der Waals surface area (Å²) in [4.78, 5) is 23.2. The molecule has 1 rings (SSSR count). The minimum atomic E-state index is -0.842. The average Bonchev–Trinajstić information content (AvgIpc) is 2.37. The van der Waals surface area contributed by atoms with Gasteiger partial charge in [-0.3, -0.25) is 9.59 Å². The predicted molar refractivity (Wildman–Crippen MR) is 84.0 cm³/mol. The number of aliphatic carboxylic acids is 1. The number of carboxylic acid groups (broad SMARTS) is 1. The third kappa shape index (κ3) is 6.06. The van der Waals surface area contributed by atoms with Crippen molar-refractivity contribution in [2.24, 2.45) is 17.3 Å². The normalized spacial score (nSPS) is 24.4. The van der Waals surface area contributed by atoms with Crippen molar-refractivity contribution < 1.29 is 14.7 Å². The monoisotopic (exact) mass is 297 g/mol. The molecule has 21 heavy (non-hydrogen) atoms. The lowest BCUT2D eigenvalue weighted by Gasteiger charge is -2.36. The van der Waals surface area contributed by atoms with Crippen LogP contribution in [-0.2, 0) is 9.59 Å². The van der Waals surface area contributed by atoms with Gasteiger partial charge >= 0.3 is 5.97 Å². The number of carbonyl (C=O) groups is 2. The van der Waals surface area contributed by atoms with Crippen LogP contribution in [0.1, 0.15) is 72.6 Å². The molecule has 1 amide bonds. The van der Waals surface area contributed by atoms with E-state index in [4.69, 9.17) is 5.11 Å². The van der Waals surface area contributed by atoms with E-state index in [1.165, 1.54) is 0 Å². The van der Waals surface area contributed by atoms with E-state index in [9.17, 15) is 9.59 Å². The minimum absolute atomic E-state index is 0.0247. The number of amides is 1. The van der Waals surface area contributed by atoms with Gasteiger partial charge in [-0.15, -0.1) is 0 Å². The third-order valence-electron chi connectivity index (χ3n) is 4.73. The second-order valence-corrected chi connectivity index (χ2v) is 7.51. The van der Waals surface area contributed by atoms with E-state index in [-0.39, 0.29) is 24.3 Å². The Bertz CT molecular complexity index is 352. The molecular formula is C17H31NO3. The van der Waals surface area contributed by atoms with Gasteiger partial charge in [0.2, 0.25) is 5.91 Å². The Morgan fingerprint density at radius 3 is 2.19 bits per heavy atom. The Balaban J connectivity index is 2.47. The minimum Gasteiger partial charge on any atom is -0.481 e. The molecule has 2 N–H and O–H groups in total. The van der Waals surface area contributed by atoms with Gasteiger partial charge in [0.05, 0.1) is 6.42 Å². The molecule has 122 valence electrons. The van der Waals surface area contributed by atoms with Gasteiger partial charge in [-0.05, 0) is 43.4 Å². The van der Waals surface area contributed by atoms with E-state index in [2.05, 4.69) is 26.1 Å². The van der Waals surface area contributed by atoms with Crippen LogP contribution in [0.4, 0.5) is 0 Å². The van der Waals surface area contributed by atoms with Crippen molar-refractivity contribution in [3.63, 3.8) is 0 Å². The molecule has 0 aromatic carbocycles. The first-order valence-electron chi connectivity index (χ1n) is 8.26. The zero-order chi connectivity index (χ0) is 16.0. The van der Waals surface area contributed by atoms with Crippen molar-refractivity contribution in [2.75, 3.05) is 0 Å². The van der Waals surface area contributed by atoms with Crippen LogP contribution in [-0.4, -0.2) is 23.0 Å². The molecule has 1 unspecified atom stereocenters. The molecule has 0 aliphatic heterocycles.